The first-order valence-corrected chi connectivity index (χ1v) is 14.4. The number of aromatic nitrogens is 2. The third-order valence-electron chi connectivity index (χ3n) is 6.89. The summed E-state index contributed by atoms with van der Waals surface area (Å²) in [6.45, 7) is 6.96. The van der Waals surface area contributed by atoms with Gasteiger partial charge in [-0.05, 0) is 78.1 Å². The molecule has 0 aliphatic heterocycles. The molecule has 0 saturated heterocycles. The van der Waals surface area contributed by atoms with E-state index in [9.17, 15) is 4.79 Å². The minimum atomic E-state index is 0.0326. The number of benzene rings is 2. The van der Waals surface area contributed by atoms with Gasteiger partial charge in [-0.25, -0.2) is 4.98 Å². The highest BCUT2D eigenvalue weighted by atomic mass is 79.9. The lowest BCUT2D eigenvalue weighted by molar-refractivity contribution is 0.218. The van der Waals surface area contributed by atoms with Crippen LogP contribution >= 0.6 is 39.0 Å². The van der Waals surface area contributed by atoms with Crippen molar-refractivity contribution in [1.29, 1.82) is 0 Å². The lowest BCUT2D eigenvalue weighted by atomic mass is 9.72. The van der Waals surface area contributed by atoms with Gasteiger partial charge in [-0.1, -0.05) is 60.6 Å². The lowest BCUT2D eigenvalue weighted by Crippen LogP contribution is -2.27. The van der Waals surface area contributed by atoms with Gasteiger partial charge in [0.25, 0.3) is 5.56 Å². The van der Waals surface area contributed by atoms with Crippen LogP contribution in [0.1, 0.15) is 43.2 Å². The van der Waals surface area contributed by atoms with Crippen LogP contribution in [-0.2, 0) is 18.6 Å². The Hall–Kier alpha value is -2.09. The molecule has 0 fully saturated rings. The van der Waals surface area contributed by atoms with Crippen molar-refractivity contribution in [3.8, 4) is 11.4 Å². The molecule has 0 amide bonds. The molecule has 0 bridgehead atoms. The average molecular weight is 570 g/mol. The second-order valence-corrected chi connectivity index (χ2v) is 13.1. The molecule has 0 saturated carbocycles. The molecule has 35 heavy (non-hydrogen) atoms. The van der Waals surface area contributed by atoms with Crippen LogP contribution in [0.15, 0.2) is 63.0 Å². The van der Waals surface area contributed by atoms with Gasteiger partial charge in [-0.3, -0.25) is 9.36 Å². The van der Waals surface area contributed by atoms with E-state index in [1.807, 2.05) is 36.4 Å². The number of methoxy groups -OCH3 is 1. The Morgan fingerprint density at radius 1 is 1.14 bits per heavy atom. The van der Waals surface area contributed by atoms with Crippen LogP contribution in [0.5, 0.6) is 5.75 Å². The molecule has 0 spiro atoms. The Morgan fingerprint density at radius 3 is 2.51 bits per heavy atom. The maximum absolute atomic E-state index is 14.1. The monoisotopic (exact) mass is 568 g/mol. The fourth-order valence-corrected chi connectivity index (χ4v) is 7.30. The molecule has 1 atom stereocenters. The predicted octanol–water partition coefficient (Wildman–Crippen LogP) is 7.66. The second-order valence-electron chi connectivity index (χ2n) is 10.1. The maximum atomic E-state index is 14.1. The van der Waals surface area contributed by atoms with E-state index >= 15 is 0 Å². The summed E-state index contributed by atoms with van der Waals surface area (Å²) in [7, 11) is 1.65. The number of rotatable bonds is 5. The Kier molecular flexibility index (Phi) is 6.85. The van der Waals surface area contributed by atoms with Crippen molar-refractivity contribution in [2.24, 2.45) is 11.3 Å². The van der Waals surface area contributed by atoms with Gasteiger partial charge in [-0.2, -0.15) is 0 Å². The summed E-state index contributed by atoms with van der Waals surface area (Å²) in [4.78, 5) is 21.3. The molecular formula is C28H29BrN2O2S2. The topological polar surface area (TPSA) is 44.1 Å². The molecule has 5 rings (SSSR count). The molecular weight excluding hydrogens is 540 g/mol. The molecule has 1 aliphatic carbocycles. The Labute approximate surface area is 222 Å². The summed E-state index contributed by atoms with van der Waals surface area (Å²) >= 11 is 6.82. The molecule has 0 N–H and O–H groups in total. The number of thioether (sulfide) groups is 1. The third-order valence-corrected chi connectivity index (χ3v) is 9.58. The summed E-state index contributed by atoms with van der Waals surface area (Å²) < 4.78 is 8.18. The number of nitrogens with zero attached hydrogens (tertiary/aromatic N) is 2. The van der Waals surface area contributed by atoms with Gasteiger partial charge < -0.3 is 4.74 Å². The Morgan fingerprint density at radius 2 is 1.86 bits per heavy atom. The molecule has 1 unspecified atom stereocenters. The normalized spacial score (nSPS) is 15.9. The van der Waals surface area contributed by atoms with Crippen LogP contribution in [0.4, 0.5) is 0 Å². The minimum absolute atomic E-state index is 0.0326. The largest absolute Gasteiger partial charge is 0.497 e. The van der Waals surface area contributed by atoms with Crippen LogP contribution in [0.25, 0.3) is 15.9 Å². The van der Waals surface area contributed by atoms with Gasteiger partial charge in [0.2, 0.25) is 0 Å². The van der Waals surface area contributed by atoms with Gasteiger partial charge in [0.1, 0.15) is 10.6 Å². The highest BCUT2D eigenvalue weighted by molar-refractivity contribution is 9.10. The number of halogens is 1. The molecule has 7 heteroatoms. The average Bonchev–Trinajstić information content (AvgIpc) is 3.21. The molecule has 1 aliphatic rings. The quantitative estimate of drug-likeness (QED) is 0.183. The van der Waals surface area contributed by atoms with Crippen molar-refractivity contribution in [2.75, 3.05) is 7.11 Å². The standard InChI is InChI=1S/C28H29BrN2O2S2/c1-28(2,3)18-7-14-22-23(15-18)35-25-24(22)26(32)31(20-10-12-21(33-4)13-11-20)27(30-25)34-16-17-5-8-19(29)9-6-17/h5-6,8-13,18H,7,14-16H2,1-4H3. The summed E-state index contributed by atoms with van der Waals surface area (Å²) in [5.74, 6) is 2.12. The maximum Gasteiger partial charge on any atom is 0.267 e. The van der Waals surface area contributed by atoms with E-state index in [2.05, 4.69) is 48.8 Å². The van der Waals surface area contributed by atoms with Crippen molar-refractivity contribution < 1.29 is 4.74 Å². The zero-order valence-corrected chi connectivity index (χ0v) is 23.6. The highest BCUT2D eigenvalue weighted by Crippen LogP contribution is 2.42. The first-order chi connectivity index (χ1) is 16.7. The van der Waals surface area contributed by atoms with Gasteiger partial charge in [0, 0.05) is 15.1 Å². The number of hydrogen-bond donors (Lipinski definition) is 0. The van der Waals surface area contributed by atoms with Crippen molar-refractivity contribution in [2.45, 2.75) is 50.9 Å². The summed E-state index contributed by atoms with van der Waals surface area (Å²) in [5, 5.41) is 1.53. The summed E-state index contributed by atoms with van der Waals surface area (Å²) in [6.07, 6.45) is 3.09. The van der Waals surface area contributed by atoms with Crippen LogP contribution in [0.2, 0.25) is 0 Å². The molecule has 2 aromatic carbocycles. The zero-order chi connectivity index (χ0) is 24.7. The van der Waals surface area contributed by atoms with Gasteiger partial charge in [0.05, 0.1) is 18.2 Å². The molecule has 2 heterocycles. The molecule has 4 nitrogen and oxygen atoms in total. The van der Waals surface area contributed by atoms with Gasteiger partial charge >= 0.3 is 0 Å². The van der Waals surface area contributed by atoms with Gasteiger partial charge in [-0.15, -0.1) is 11.3 Å². The molecule has 182 valence electrons. The van der Waals surface area contributed by atoms with Gasteiger partial charge in [0.15, 0.2) is 5.16 Å². The van der Waals surface area contributed by atoms with Crippen LogP contribution in [0.3, 0.4) is 0 Å². The van der Waals surface area contributed by atoms with Crippen molar-refractivity contribution >= 4 is 49.2 Å². The molecule has 4 aromatic rings. The summed E-state index contributed by atoms with van der Waals surface area (Å²) in [6, 6.07) is 15.9. The van der Waals surface area contributed by atoms with Crippen LogP contribution in [-0.4, -0.2) is 16.7 Å². The predicted molar refractivity (Wildman–Crippen MR) is 150 cm³/mol. The van der Waals surface area contributed by atoms with E-state index in [0.29, 0.717) is 5.92 Å². The van der Waals surface area contributed by atoms with Crippen LogP contribution in [0, 0.1) is 11.3 Å². The number of hydrogen-bond acceptors (Lipinski definition) is 5. The van der Waals surface area contributed by atoms with Crippen molar-refractivity contribution in [3.63, 3.8) is 0 Å². The van der Waals surface area contributed by atoms with E-state index in [-0.39, 0.29) is 11.0 Å². The zero-order valence-electron chi connectivity index (χ0n) is 20.4. The number of aryl methyl sites for hydroxylation is 1. The first-order valence-electron chi connectivity index (χ1n) is 11.8. The lowest BCUT2D eigenvalue weighted by Gasteiger charge is -2.33. The third kappa shape index (κ3) is 4.95. The molecule has 0 radical (unpaired) electrons. The second kappa shape index (κ2) is 9.75. The number of thiophene rings is 1. The summed E-state index contributed by atoms with van der Waals surface area (Å²) in [5.41, 5.74) is 3.51. The molecule has 2 aromatic heterocycles. The fourth-order valence-electron chi connectivity index (χ4n) is 4.73. The minimum Gasteiger partial charge on any atom is -0.497 e. The van der Waals surface area contributed by atoms with Crippen LogP contribution < -0.4 is 10.3 Å². The number of fused-ring (bicyclic) bond motifs is 3. The van der Waals surface area contributed by atoms with Crippen molar-refractivity contribution in [1.82, 2.24) is 9.55 Å². The van der Waals surface area contributed by atoms with E-state index in [0.717, 1.165) is 56.3 Å². The van der Waals surface area contributed by atoms with Crippen molar-refractivity contribution in [3.05, 3.63) is 79.4 Å². The highest BCUT2D eigenvalue weighted by Gasteiger charge is 2.32. The number of ether oxygens (including phenoxy) is 1. The van der Waals surface area contributed by atoms with E-state index in [1.54, 1.807) is 34.8 Å². The Balaban J connectivity index is 1.62. The first kappa shape index (κ1) is 24.6. The van der Waals surface area contributed by atoms with E-state index in [1.165, 1.54) is 16.0 Å². The fraction of sp³-hybridized carbons (Fsp3) is 0.357. The smallest absolute Gasteiger partial charge is 0.267 e. The van der Waals surface area contributed by atoms with E-state index in [4.69, 9.17) is 9.72 Å². The Bertz CT molecular complexity index is 1420. The van der Waals surface area contributed by atoms with E-state index < -0.39 is 0 Å². The SMILES string of the molecule is COc1ccc(-n2c(SCc3ccc(Br)cc3)nc3sc4c(c3c2=O)CCC(C(C)(C)C)C4)cc1.